The maximum Gasteiger partial charge on any atom is 0.155 e. The van der Waals surface area contributed by atoms with Gasteiger partial charge in [0.05, 0.1) is 5.69 Å². The van der Waals surface area contributed by atoms with Crippen LogP contribution in [0.4, 0.5) is 4.39 Å². The van der Waals surface area contributed by atoms with Crippen LogP contribution in [0.3, 0.4) is 0 Å². The molecular weight excluding hydrogens is 377 g/mol. The van der Waals surface area contributed by atoms with Crippen LogP contribution >= 0.6 is 0 Å². The van der Waals surface area contributed by atoms with Crippen LogP contribution in [0.2, 0.25) is 0 Å². The quantitative estimate of drug-likeness (QED) is 0.650. The summed E-state index contributed by atoms with van der Waals surface area (Å²) in [7, 11) is 0. The Bertz CT molecular complexity index is 1030. The number of H-pyrrole nitrogens is 1. The summed E-state index contributed by atoms with van der Waals surface area (Å²) in [6.07, 6.45) is 12.6. The molecule has 2 fully saturated rings. The summed E-state index contributed by atoms with van der Waals surface area (Å²) in [6, 6.07) is 10.6. The number of nitrogens with one attached hydrogen (secondary N) is 1. The van der Waals surface area contributed by atoms with Gasteiger partial charge in [-0.2, -0.15) is 0 Å². The first kappa shape index (κ1) is 19.1. The highest BCUT2D eigenvalue weighted by Crippen LogP contribution is 2.56. The predicted molar refractivity (Wildman–Crippen MR) is 114 cm³/mol. The highest BCUT2D eigenvalue weighted by Gasteiger charge is 2.52. The lowest BCUT2D eigenvalue weighted by Gasteiger charge is -2.31. The Hall–Kier alpha value is -2.89. The Morgan fingerprint density at radius 1 is 1.13 bits per heavy atom. The molecule has 2 aliphatic rings. The van der Waals surface area contributed by atoms with Crippen LogP contribution in [0, 0.1) is 23.6 Å². The smallest absolute Gasteiger partial charge is 0.155 e. The second-order valence-corrected chi connectivity index (χ2v) is 8.95. The fourth-order valence-corrected chi connectivity index (χ4v) is 5.67. The topological polar surface area (TPSA) is 67.3 Å². The van der Waals surface area contributed by atoms with Gasteiger partial charge in [-0.15, -0.1) is 5.10 Å². The molecule has 2 aromatic heterocycles. The molecule has 2 aliphatic carbocycles. The molecule has 1 N–H and O–H groups in total. The van der Waals surface area contributed by atoms with Crippen LogP contribution in [0.25, 0.3) is 17.2 Å². The minimum atomic E-state index is -0.235. The maximum atomic E-state index is 13.5. The molecule has 5 rings (SSSR count). The van der Waals surface area contributed by atoms with Gasteiger partial charge in [0, 0.05) is 17.2 Å². The zero-order valence-corrected chi connectivity index (χ0v) is 17.1. The van der Waals surface area contributed by atoms with E-state index < -0.39 is 0 Å². The number of nitrogens with zero attached hydrogens (tertiary/aromatic N) is 4. The minimum Gasteiger partial charge on any atom is -0.256 e. The largest absolute Gasteiger partial charge is 0.256 e. The third-order valence-electron chi connectivity index (χ3n) is 7.16. The predicted octanol–water partition coefficient (Wildman–Crippen LogP) is 5.20. The van der Waals surface area contributed by atoms with E-state index in [4.69, 9.17) is 0 Å². The lowest BCUT2D eigenvalue weighted by atomic mass is 9.73. The number of aromatic nitrogens is 5. The van der Waals surface area contributed by atoms with Gasteiger partial charge in [-0.3, -0.25) is 4.98 Å². The van der Waals surface area contributed by atoms with Gasteiger partial charge in [0.15, 0.2) is 5.82 Å². The van der Waals surface area contributed by atoms with Gasteiger partial charge >= 0.3 is 0 Å². The van der Waals surface area contributed by atoms with E-state index in [0.717, 1.165) is 35.0 Å². The van der Waals surface area contributed by atoms with Gasteiger partial charge in [-0.05, 0) is 70.9 Å². The Balaban J connectivity index is 1.41. The highest BCUT2D eigenvalue weighted by molar-refractivity contribution is 5.63. The van der Waals surface area contributed by atoms with E-state index in [1.54, 1.807) is 6.07 Å². The number of hydrogen-bond donors (Lipinski definition) is 1. The van der Waals surface area contributed by atoms with Gasteiger partial charge in [-0.25, -0.2) is 9.49 Å². The van der Waals surface area contributed by atoms with E-state index in [0.29, 0.717) is 11.8 Å². The summed E-state index contributed by atoms with van der Waals surface area (Å²) in [6.45, 7) is 2.29. The molecule has 0 amide bonds. The number of allylic oxidation sites excluding steroid dienone is 1. The average Bonchev–Trinajstić information content (AvgIpc) is 3.40. The number of halogens is 1. The summed E-state index contributed by atoms with van der Waals surface area (Å²) >= 11 is 0. The van der Waals surface area contributed by atoms with Crippen molar-refractivity contribution in [2.45, 2.75) is 44.4 Å². The summed E-state index contributed by atoms with van der Waals surface area (Å²) in [5, 5.41) is 15.0. The zero-order valence-electron chi connectivity index (χ0n) is 17.1. The SMILES string of the molecule is C[C@]1(c2nnn[nH]2)C[C@H]2CCCC[C@H]2[C@@H]1/C=C/c1ccc(-c2cccc(F)c2)cn1. The molecule has 0 aliphatic heterocycles. The Morgan fingerprint density at radius 3 is 2.80 bits per heavy atom. The maximum absolute atomic E-state index is 13.5. The van der Waals surface area contributed by atoms with Crippen LogP contribution < -0.4 is 0 Å². The summed E-state index contributed by atoms with van der Waals surface area (Å²) < 4.78 is 13.5. The van der Waals surface area contributed by atoms with E-state index in [-0.39, 0.29) is 11.2 Å². The summed E-state index contributed by atoms with van der Waals surface area (Å²) in [4.78, 5) is 4.60. The van der Waals surface area contributed by atoms with Gasteiger partial charge in [0.1, 0.15) is 5.82 Å². The molecule has 3 aromatic rings. The van der Waals surface area contributed by atoms with Crippen LogP contribution in [0.5, 0.6) is 0 Å². The van der Waals surface area contributed by atoms with E-state index in [1.807, 2.05) is 24.4 Å². The van der Waals surface area contributed by atoms with Crippen molar-refractivity contribution in [2.75, 3.05) is 0 Å². The molecule has 0 unspecified atom stereocenters. The van der Waals surface area contributed by atoms with Crippen molar-refractivity contribution in [3.63, 3.8) is 0 Å². The molecule has 4 atom stereocenters. The van der Waals surface area contributed by atoms with Crippen LogP contribution in [-0.2, 0) is 5.41 Å². The number of rotatable bonds is 4. The van der Waals surface area contributed by atoms with E-state index in [2.05, 4.69) is 44.7 Å². The molecule has 154 valence electrons. The number of fused-ring (bicyclic) bond motifs is 1. The van der Waals surface area contributed by atoms with Gasteiger partial charge < -0.3 is 0 Å². The summed E-state index contributed by atoms with van der Waals surface area (Å²) in [5.41, 5.74) is 2.58. The molecular formula is C24H26FN5. The fraction of sp³-hybridized carbons (Fsp3) is 0.417. The second-order valence-electron chi connectivity index (χ2n) is 8.95. The van der Waals surface area contributed by atoms with Crippen LogP contribution in [0.1, 0.15) is 50.5 Å². The van der Waals surface area contributed by atoms with Crippen molar-refractivity contribution in [3.8, 4) is 11.1 Å². The lowest BCUT2D eigenvalue weighted by molar-refractivity contribution is 0.243. The molecule has 2 saturated carbocycles. The first-order valence-electron chi connectivity index (χ1n) is 10.8. The lowest BCUT2D eigenvalue weighted by Crippen LogP contribution is -2.30. The van der Waals surface area contributed by atoms with E-state index in [1.165, 1.54) is 37.8 Å². The first-order valence-corrected chi connectivity index (χ1v) is 10.8. The molecule has 2 heterocycles. The van der Waals surface area contributed by atoms with Gasteiger partial charge in [-0.1, -0.05) is 50.5 Å². The van der Waals surface area contributed by atoms with Crippen molar-refractivity contribution in [3.05, 3.63) is 66.0 Å². The Labute approximate surface area is 175 Å². The van der Waals surface area contributed by atoms with E-state index in [9.17, 15) is 4.39 Å². The Kier molecular flexibility index (Phi) is 4.93. The van der Waals surface area contributed by atoms with Crippen molar-refractivity contribution in [2.24, 2.45) is 17.8 Å². The van der Waals surface area contributed by atoms with Crippen molar-refractivity contribution < 1.29 is 4.39 Å². The molecule has 0 bridgehead atoms. The zero-order chi connectivity index (χ0) is 20.6. The first-order chi connectivity index (χ1) is 14.6. The molecule has 0 radical (unpaired) electrons. The van der Waals surface area contributed by atoms with Crippen molar-refractivity contribution in [1.82, 2.24) is 25.6 Å². The molecule has 1 aromatic carbocycles. The fourth-order valence-electron chi connectivity index (χ4n) is 5.67. The molecule has 0 saturated heterocycles. The van der Waals surface area contributed by atoms with Gasteiger partial charge in [0.25, 0.3) is 0 Å². The van der Waals surface area contributed by atoms with Crippen LogP contribution in [0.15, 0.2) is 48.7 Å². The second kappa shape index (κ2) is 7.74. The number of hydrogen-bond acceptors (Lipinski definition) is 4. The molecule has 5 nitrogen and oxygen atoms in total. The average molecular weight is 404 g/mol. The van der Waals surface area contributed by atoms with Crippen molar-refractivity contribution in [1.29, 1.82) is 0 Å². The number of pyridine rings is 1. The van der Waals surface area contributed by atoms with Gasteiger partial charge in [0.2, 0.25) is 0 Å². The normalized spacial score (nSPS) is 28.7. The Morgan fingerprint density at radius 2 is 2.03 bits per heavy atom. The molecule has 30 heavy (non-hydrogen) atoms. The number of aromatic amines is 1. The standard InChI is InChI=1S/C24H26FN5/c1-24(23-27-29-30-28-23)14-17-5-2-3-8-21(17)22(24)12-11-20-10-9-18(15-26-20)16-6-4-7-19(25)13-16/h4,6-7,9-13,15,17,21-22H,2-3,5,8,14H2,1H3,(H,27,28,29,30)/b12-11+/t17-,21-,22+,24+/m1/s1. The third kappa shape index (κ3) is 3.44. The van der Waals surface area contributed by atoms with Crippen LogP contribution in [-0.4, -0.2) is 25.6 Å². The summed E-state index contributed by atoms with van der Waals surface area (Å²) in [5.74, 6) is 2.42. The van der Waals surface area contributed by atoms with E-state index >= 15 is 0 Å². The highest BCUT2D eigenvalue weighted by atomic mass is 19.1. The van der Waals surface area contributed by atoms with Crippen molar-refractivity contribution >= 4 is 6.08 Å². The number of benzene rings is 1. The molecule has 6 heteroatoms. The third-order valence-corrected chi connectivity index (χ3v) is 7.16. The minimum absolute atomic E-state index is 0.0822. The monoisotopic (exact) mass is 403 g/mol. The molecule has 0 spiro atoms. The number of tetrazole rings is 1.